The van der Waals surface area contributed by atoms with E-state index in [-0.39, 0.29) is 0 Å². The topological polar surface area (TPSA) is 6.48 Å². The maximum Gasteiger partial charge on any atom is 0.0468 e. The summed E-state index contributed by atoms with van der Waals surface area (Å²) in [5, 5.41) is 4.94. The molecule has 0 aromatic heterocycles. The predicted molar refractivity (Wildman–Crippen MR) is 246 cm³/mol. The van der Waals surface area contributed by atoms with Crippen LogP contribution in [0.1, 0.15) is 0 Å². The van der Waals surface area contributed by atoms with E-state index in [9.17, 15) is 0 Å². The first-order valence-corrected chi connectivity index (χ1v) is 19.9. The molecule has 2 nitrogen and oxygen atoms in total. The number of anilines is 6. The molecular formula is C56H38N2. The minimum atomic E-state index is 1.12. The Balaban J connectivity index is 0.955. The molecule has 0 unspecified atom stereocenters. The van der Waals surface area contributed by atoms with Crippen molar-refractivity contribution in [3.8, 4) is 44.5 Å². The first-order valence-electron chi connectivity index (χ1n) is 19.9. The molecule has 10 aromatic carbocycles. The van der Waals surface area contributed by atoms with Crippen LogP contribution in [0.3, 0.4) is 0 Å². The summed E-state index contributed by atoms with van der Waals surface area (Å²) in [5.74, 6) is 0. The third-order valence-corrected chi connectivity index (χ3v) is 11.5. The molecule has 0 bridgehead atoms. The highest BCUT2D eigenvalue weighted by atomic mass is 15.1. The van der Waals surface area contributed by atoms with Gasteiger partial charge in [-0.3, -0.25) is 0 Å². The molecule has 0 N–H and O–H groups in total. The first-order chi connectivity index (χ1) is 28.7. The fraction of sp³-hybridized carbons (Fsp3) is 0. The lowest BCUT2D eigenvalue weighted by Crippen LogP contribution is -2.10. The maximum atomic E-state index is 2.39. The summed E-state index contributed by atoms with van der Waals surface area (Å²) in [6.45, 7) is 0. The van der Waals surface area contributed by atoms with E-state index in [0.29, 0.717) is 0 Å². The van der Waals surface area contributed by atoms with E-state index in [1.165, 1.54) is 66.1 Å². The van der Waals surface area contributed by atoms with Gasteiger partial charge in [-0.2, -0.15) is 0 Å². The SMILES string of the molecule is c1ccc(-c2ccc(N(c3ccccc3)c3ccc4cc5c(cc4c3)-c3cc4cc(N(c6ccccc6)c6ccc(-c7ccccc7)cc6)ccc4cc3-5)cc2)cc1. The zero-order chi connectivity index (χ0) is 38.4. The molecule has 10 aromatic rings. The van der Waals surface area contributed by atoms with Gasteiger partial charge in [0.1, 0.15) is 0 Å². The van der Waals surface area contributed by atoms with Crippen LogP contribution in [0.5, 0.6) is 0 Å². The van der Waals surface area contributed by atoms with Gasteiger partial charge < -0.3 is 9.80 Å². The van der Waals surface area contributed by atoms with Crippen molar-refractivity contribution in [3.63, 3.8) is 0 Å². The summed E-state index contributed by atoms with van der Waals surface area (Å²) in [6.07, 6.45) is 0. The van der Waals surface area contributed by atoms with E-state index in [4.69, 9.17) is 0 Å². The summed E-state index contributed by atoms with van der Waals surface area (Å²) < 4.78 is 0. The number of hydrogen-bond acceptors (Lipinski definition) is 2. The van der Waals surface area contributed by atoms with Crippen molar-refractivity contribution in [1.82, 2.24) is 0 Å². The van der Waals surface area contributed by atoms with Crippen molar-refractivity contribution in [1.29, 1.82) is 0 Å². The molecular weight excluding hydrogens is 701 g/mol. The van der Waals surface area contributed by atoms with Gasteiger partial charge in [0, 0.05) is 34.1 Å². The molecule has 58 heavy (non-hydrogen) atoms. The number of rotatable bonds is 8. The Bertz CT molecular complexity index is 2850. The molecule has 0 aliphatic heterocycles. The highest BCUT2D eigenvalue weighted by molar-refractivity contribution is 6.12. The Labute approximate surface area is 339 Å². The molecule has 0 heterocycles. The number of benzene rings is 10. The number of fused-ring (bicyclic) bond motifs is 6. The number of nitrogens with zero attached hydrogens (tertiary/aromatic N) is 2. The molecule has 0 atom stereocenters. The minimum absolute atomic E-state index is 1.12. The molecule has 272 valence electrons. The van der Waals surface area contributed by atoms with Crippen molar-refractivity contribution in [2.75, 3.05) is 9.80 Å². The largest absolute Gasteiger partial charge is 0.310 e. The Morgan fingerprint density at radius 3 is 0.828 bits per heavy atom. The number of hydrogen-bond donors (Lipinski definition) is 0. The second-order valence-corrected chi connectivity index (χ2v) is 15.0. The summed E-state index contributed by atoms with van der Waals surface area (Å²) in [4.78, 5) is 4.70. The lowest BCUT2D eigenvalue weighted by Gasteiger charge is -2.28. The molecule has 11 rings (SSSR count). The zero-order valence-corrected chi connectivity index (χ0v) is 31.8. The van der Waals surface area contributed by atoms with Crippen LogP contribution in [0.25, 0.3) is 66.1 Å². The lowest BCUT2D eigenvalue weighted by molar-refractivity contribution is 1.29. The smallest absolute Gasteiger partial charge is 0.0468 e. The second-order valence-electron chi connectivity index (χ2n) is 15.0. The molecule has 0 fully saturated rings. The van der Waals surface area contributed by atoms with Gasteiger partial charge in [-0.1, -0.05) is 133 Å². The normalized spacial score (nSPS) is 11.4. The molecule has 2 heteroatoms. The molecule has 0 radical (unpaired) electrons. The van der Waals surface area contributed by atoms with E-state index in [2.05, 4.69) is 240 Å². The lowest BCUT2D eigenvalue weighted by atomic mass is 9.78. The van der Waals surface area contributed by atoms with Gasteiger partial charge in [0.15, 0.2) is 0 Å². The average molecular weight is 739 g/mol. The van der Waals surface area contributed by atoms with Gasteiger partial charge in [0.25, 0.3) is 0 Å². The summed E-state index contributed by atoms with van der Waals surface area (Å²) >= 11 is 0. The van der Waals surface area contributed by atoms with Gasteiger partial charge in [-0.25, -0.2) is 0 Å². The van der Waals surface area contributed by atoms with Crippen LogP contribution < -0.4 is 9.80 Å². The van der Waals surface area contributed by atoms with Crippen LogP contribution in [-0.4, -0.2) is 0 Å². The second kappa shape index (κ2) is 14.1. The molecule has 1 aliphatic rings. The van der Waals surface area contributed by atoms with Gasteiger partial charge >= 0.3 is 0 Å². The van der Waals surface area contributed by atoms with Gasteiger partial charge in [-0.05, 0) is 163 Å². The standard InChI is InChI=1S/C56H38N2/c1-5-13-39(14-6-1)41-21-27-49(28-22-41)57(47-17-9-3-10-18-47)51-31-25-43-35-53-54-36-44-26-32-52(34-46(44)38-56(54)55(53)37-45(43)33-51)58(48-19-11-4-12-20-48)50-29-23-42(24-30-50)40-15-7-2-8-16-40/h1-38H. The monoisotopic (exact) mass is 738 g/mol. The minimum Gasteiger partial charge on any atom is -0.310 e. The average Bonchev–Trinajstić information content (AvgIpc) is 3.30. The summed E-state index contributed by atoms with van der Waals surface area (Å²) in [5.41, 5.74) is 16.9. The third kappa shape index (κ3) is 6.00. The third-order valence-electron chi connectivity index (χ3n) is 11.5. The van der Waals surface area contributed by atoms with Crippen LogP contribution in [0.2, 0.25) is 0 Å². The quantitative estimate of drug-likeness (QED) is 0.153. The molecule has 0 spiro atoms. The van der Waals surface area contributed by atoms with Crippen molar-refractivity contribution in [2.24, 2.45) is 0 Å². The molecule has 0 amide bonds. The van der Waals surface area contributed by atoms with Crippen LogP contribution in [0, 0.1) is 0 Å². The Morgan fingerprint density at radius 1 is 0.190 bits per heavy atom. The van der Waals surface area contributed by atoms with E-state index in [1.54, 1.807) is 0 Å². The van der Waals surface area contributed by atoms with Gasteiger partial charge in [0.05, 0.1) is 0 Å². The zero-order valence-electron chi connectivity index (χ0n) is 31.8. The highest BCUT2D eigenvalue weighted by Crippen LogP contribution is 2.51. The number of para-hydroxylation sites is 2. The predicted octanol–water partition coefficient (Wildman–Crippen LogP) is 15.9. The highest BCUT2D eigenvalue weighted by Gasteiger charge is 2.25. The van der Waals surface area contributed by atoms with Crippen LogP contribution in [0.4, 0.5) is 34.1 Å². The van der Waals surface area contributed by atoms with Crippen molar-refractivity contribution in [2.45, 2.75) is 0 Å². The Morgan fingerprint density at radius 2 is 0.466 bits per heavy atom. The van der Waals surface area contributed by atoms with Crippen molar-refractivity contribution < 1.29 is 0 Å². The van der Waals surface area contributed by atoms with E-state index >= 15 is 0 Å². The summed E-state index contributed by atoms with van der Waals surface area (Å²) in [6, 6.07) is 83.5. The van der Waals surface area contributed by atoms with E-state index < -0.39 is 0 Å². The Hall–Kier alpha value is -7.68. The van der Waals surface area contributed by atoms with E-state index in [0.717, 1.165) is 34.1 Å². The fourth-order valence-electron chi connectivity index (χ4n) is 8.59. The molecule has 0 saturated heterocycles. The van der Waals surface area contributed by atoms with Gasteiger partial charge in [-0.15, -0.1) is 0 Å². The van der Waals surface area contributed by atoms with Gasteiger partial charge in [0.2, 0.25) is 0 Å². The van der Waals surface area contributed by atoms with Crippen LogP contribution in [-0.2, 0) is 0 Å². The van der Waals surface area contributed by atoms with Crippen LogP contribution >= 0.6 is 0 Å². The molecule has 0 saturated carbocycles. The fourth-order valence-corrected chi connectivity index (χ4v) is 8.59. The first kappa shape index (κ1) is 33.6. The van der Waals surface area contributed by atoms with Crippen LogP contribution in [0.15, 0.2) is 231 Å². The van der Waals surface area contributed by atoms with Crippen molar-refractivity contribution >= 4 is 55.7 Å². The van der Waals surface area contributed by atoms with Crippen molar-refractivity contribution in [3.05, 3.63) is 231 Å². The molecule has 1 aliphatic carbocycles. The maximum absolute atomic E-state index is 2.39. The Kier molecular flexibility index (Phi) is 8.19. The summed E-state index contributed by atoms with van der Waals surface area (Å²) in [7, 11) is 0. The van der Waals surface area contributed by atoms with E-state index in [1.807, 2.05) is 0 Å².